The van der Waals surface area contributed by atoms with Crippen LogP contribution in [0.25, 0.3) is 0 Å². The monoisotopic (exact) mass is 249 g/mol. The van der Waals surface area contributed by atoms with Crippen LogP contribution in [0.1, 0.15) is 30.9 Å². The summed E-state index contributed by atoms with van der Waals surface area (Å²) in [6, 6.07) is 4.69. The summed E-state index contributed by atoms with van der Waals surface area (Å²) in [5.41, 5.74) is 2.62. The molecule has 1 aromatic carbocycles. The molecule has 100 valence electrons. The van der Waals surface area contributed by atoms with Crippen molar-refractivity contribution in [2.24, 2.45) is 5.41 Å². The third-order valence-corrected chi connectivity index (χ3v) is 4.22. The van der Waals surface area contributed by atoms with Crippen LogP contribution in [0.15, 0.2) is 12.1 Å². The van der Waals surface area contributed by atoms with Crippen LogP contribution in [0, 0.1) is 12.3 Å². The highest BCUT2D eigenvalue weighted by Crippen LogP contribution is 2.60. The van der Waals surface area contributed by atoms with E-state index in [-0.39, 0.29) is 5.41 Å². The van der Waals surface area contributed by atoms with Gasteiger partial charge in [-0.15, -0.1) is 0 Å². The van der Waals surface area contributed by atoms with Crippen LogP contribution in [-0.2, 0) is 0 Å². The van der Waals surface area contributed by atoms with Gasteiger partial charge in [0.05, 0.1) is 14.2 Å². The fraction of sp³-hybridized carbons (Fsp3) is 0.600. The highest BCUT2D eigenvalue weighted by Gasteiger charge is 2.58. The minimum Gasteiger partial charge on any atom is -0.496 e. The lowest BCUT2D eigenvalue weighted by molar-refractivity contribution is 0.395. The van der Waals surface area contributed by atoms with Crippen molar-refractivity contribution in [1.29, 1.82) is 0 Å². The summed E-state index contributed by atoms with van der Waals surface area (Å²) in [6.07, 6.45) is 0. The lowest BCUT2D eigenvalue weighted by Crippen LogP contribution is -2.14. The normalized spacial score (nSPS) is 24.8. The zero-order chi connectivity index (χ0) is 13.5. The maximum absolute atomic E-state index is 5.53. The first-order valence-corrected chi connectivity index (χ1v) is 6.37. The summed E-state index contributed by atoms with van der Waals surface area (Å²) in [7, 11) is 5.46. The number of benzene rings is 1. The summed E-state index contributed by atoms with van der Waals surface area (Å²) in [5, 5.41) is 3.38. The Morgan fingerprint density at radius 2 is 1.72 bits per heavy atom. The van der Waals surface area contributed by atoms with Gasteiger partial charge in [-0.3, -0.25) is 0 Å². The Morgan fingerprint density at radius 1 is 1.11 bits per heavy atom. The highest BCUT2D eigenvalue weighted by molar-refractivity contribution is 5.51. The van der Waals surface area contributed by atoms with E-state index in [4.69, 9.17) is 9.47 Å². The van der Waals surface area contributed by atoms with E-state index in [1.807, 2.05) is 14.0 Å². The van der Waals surface area contributed by atoms with Crippen molar-refractivity contribution in [3.63, 3.8) is 0 Å². The van der Waals surface area contributed by atoms with Gasteiger partial charge in [-0.25, -0.2) is 0 Å². The Labute approximate surface area is 109 Å². The molecule has 0 heterocycles. The SMILES string of the molecule is CNC1C(c2cc(OC)c(C)cc2OC)C1(C)C. The van der Waals surface area contributed by atoms with Gasteiger partial charge < -0.3 is 14.8 Å². The molecule has 2 rings (SSSR count). The molecule has 3 nitrogen and oxygen atoms in total. The first kappa shape index (κ1) is 13.2. The second-order valence-electron chi connectivity index (χ2n) is 5.63. The van der Waals surface area contributed by atoms with Crippen molar-refractivity contribution in [3.8, 4) is 11.5 Å². The van der Waals surface area contributed by atoms with Crippen molar-refractivity contribution in [2.75, 3.05) is 21.3 Å². The van der Waals surface area contributed by atoms with Crippen LogP contribution in [-0.4, -0.2) is 27.3 Å². The van der Waals surface area contributed by atoms with E-state index in [2.05, 4.69) is 31.3 Å². The van der Waals surface area contributed by atoms with Crippen LogP contribution < -0.4 is 14.8 Å². The number of ether oxygens (including phenoxy) is 2. The van der Waals surface area contributed by atoms with Crippen LogP contribution in [0.5, 0.6) is 11.5 Å². The molecular weight excluding hydrogens is 226 g/mol. The Balaban J connectivity index is 2.44. The predicted octanol–water partition coefficient (Wildman–Crippen LogP) is 2.72. The zero-order valence-corrected chi connectivity index (χ0v) is 12.1. The van der Waals surface area contributed by atoms with Gasteiger partial charge in [0.2, 0.25) is 0 Å². The number of nitrogens with one attached hydrogen (secondary N) is 1. The van der Waals surface area contributed by atoms with Gasteiger partial charge >= 0.3 is 0 Å². The Bertz CT molecular complexity index is 454. The molecule has 0 radical (unpaired) electrons. The van der Waals surface area contributed by atoms with Crippen molar-refractivity contribution in [2.45, 2.75) is 32.7 Å². The highest BCUT2D eigenvalue weighted by atomic mass is 16.5. The number of aryl methyl sites for hydroxylation is 1. The van der Waals surface area contributed by atoms with Gasteiger partial charge in [0.25, 0.3) is 0 Å². The third-order valence-electron chi connectivity index (χ3n) is 4.22. The van der Waals surface area contributed by atoms with E-state index < -0.39 is 0 Å². The van der Waals surface area contributed by atoms with Crippen LogP contribution in [0.4, 0.5) is 0 Å². The van der Waals surface area contributed by atoms with E-state index in [9.17, 15) is 0 Å². The van der Waals surface area contributed by atoms with Crippen LogP contribution >= 0.6 is 0 Å². The molecule has 3 heteroatoms. The number of rotatable bonds is 4. The molecule has 0 bridgehead atoms. The first-order valence-electron chi connectivity index (χ1n) is 6.37. The molecule has 0 aliphatic heterocycles. The van der Waals surface area contributed by atoms with Crippen LogP contribution in [0.3, 0.4) is 0 Å². The number of hydrogen-bond donors (Lipinski definition) is 1. The van der Waals surface area contributed by atoms with E-state index in [1.54, 1.807) is 14.2 Å². The maximum atomic E-state index is 5.53. The molecule has 1 aliphatic carbocycles. The van der Waals surface area contributed by atoms with Gasteiger partial charge in [0, 0.05) is 17.5 Å². The van der Waals surface area contributed by atoms with Crippen molar-refractivity contribution < 1.29 is 9.47 Å². The molecule has 1 saturated carbocycles. The smallest absolute Gasteiger partial charge is 0.122 e. The molecule has 0 spiro atoms. The first-order chi connectivity index (χ1) is 8.47. The predicted molar refractivity (Wildman–Crippen MR) is 73.7 cm³/mol. The quantitative estimate of drug-likeness (QED) is 0.890. The summed E-state index contributed by atoms with van der Waals surface area (Å²) >= 11 is 0. The molecule has 0 saturated heterocycles. The summed E-state index contributed by atoms with van der Waals surface area (Å²) < 4.78 is 11.0. The van der Waals surface area contributed by atoms with Gasteiger partial charge in [-0.2, -0.15) is 0 Å². The lowest BCUT2D eigenvalue weighted by Gasteiger charge is -2.14. The van der Waals surface area contributed by atoms with E-state index in [0.29, 0.717) is 12.0 Å². The maximum Gasteiger partial charge on any atom is 0.122 e. The van der Waals surface area contributed by atoms with E-state index >= 15 is 0 Å². The summed E-state index contributed by atoms with van der Waals surface area (Å²) in [4.78, 5) is 0. The Kier molecular flexibility index (Phi) is 3.28. The molecule has 1 fully saturated rings. The fourth-order valence-electron chi connectivity index (χ4n) is 3.07. The summed E-state index contributed by atoms with van der Waals surface area (Å²) in [6.45, 7) is 6.61. The molecule has 2 unspecified atom stereocenters. The molecule has 0 amide bonds. The number of hydrogen-bond acceptors (Lipinski definition) is 3. The van der Waals surface area contributed by atoms with Crippen molar-refractivity contribution in [1.82, 2.24) is 5.32 Å². The number of methoxy groups -OCH3 is 2. The Morgan fingerprint density at radius 3 is 2.17 bits per heavy atom. The van der Waals surface area contributed by atoms with Crippen molar-refractivity contribution >= 4 is 0 Å². The standard InChI is InChI=1S/C15H23NO2/c1-9-7-12(18-6)10(8-11(9)17-5)13-14(16-4)15(13,2)3/h7-8,13-14,16H,1-6H3. The van der Waals surface area contributed by atoms with Gasteiger partial charge in [-0.05, 0) is 37.1 Å². The summed E-state index contributed by atoms with van der Waals surface area (Å²) in [5.74, 6) is 2.37. The minimum absolute atomic E-state index is 0.266. The van der Waals surface area contributed by atoms with Gasteiger partial charge in [-0.1, -0.05) is 13.8 Å². The average Bonchev–Trinajstić information content (AvgIpc) is 2.90. The van der Waals surface area contributed by atoms with Gasteiger partial charge in [0.15, 0.2) is 0 Å². The molecule has 1 N–H and O–H groups in total. The fourth-order valence-corrected chi connectivity index (χ4v) is 3.07. The van der Waals surface area contributed by atoms with E-state index in [0.717, 1.165) is 17.1 Å². The van der Waals surface area contributed by atoms with Gasteiger partial charge in [0.1, 0.15) is 11.5 Å². The second kappa shape index (κ2) is 4.47. The third kappa shape index (κ3) is 1.87. The average molecular weight is 249 g/mol. The molecule has 1 aromatic rings. The minimum atomic E-state index is 0.266. The largest absolute Gasteiger partial charge is 0.496 e. The molecule has 18 heavy (non-hydrogen) atoms. The Hall–Kier alpha value is -1.22. The number of likely N-dealkylation sites (N-methyl/N-ethyl adjacent to an activating group) is 1. The topological polar surface area (TPSA) is 30.5 Å². The van der Waals surface area contributed by atoms with E-state index in [1.165, 1.54) is 5.56 Å². The molecule has 1 aliphatic rings. The molecule has 0 aromatic heterocycles. The van der Waals surface area contributed by atoms with Crippen molar-refractivity contribution in [3.05, 3.63) is 23.3 Å². The zero-order valence-electron chi connectivity index (χ0n) is 12.1. The van der Waals surface area contributed by atoms with Crippen LogP contribution in [0.2, 0.25) is 0 Å². The molecule has 2 atom stereocenters. The second-order valence-corrected chi connectivity index (χ2v) is 5.63. The lowest BCUT2D eigenvalue weighted by atomic mass is 10.00. The molecular formula is C15H23NO2.